The molecule has 1 aliphatic carbocycles. The third kappa shape index (κ3) is 2.85. The number of carbonyl (C=O) groups excluding carboxylic acids is 1. The first-order valence-electron chi connectivity index (χ1n) is 5.48. The van der Waals surface area contributed by atoms with Crippen LogP contribution in [0.25, 0.3) is 0 Å². The molecular weight excluding hydrogens is 204 g/mol. The summed E-state index contributed by atoms with van der Waals surface area (Å²) >= 11 is 1.83. The molecule has 0 heterocycles. The fourth-order valence-corrected chi connectivity index (χ4v) is 2.39. The molecule has 0 unspecified atom stereocenters. The van der Waals surface area contributed by atoms with Gasteiger partial charge < -0.3 is 0 Å². The van der Waals surface area contributed by atoms with Gasteiger partial charge in [0.2, 0.25) is 0 Å². The molecule has 1 aliphatic rings. The second-order valence-corrected chi connectivity index (χ2v) is 5.98. The Morgan fingerprint density at radius 3 is 2.33 bits per heavy atom. The molecule has 2 rings (SSSR count). The predicted octanol–water partition coefficient (Wildman–Crippen LogP) is 3.78. The van der Waals surface area contributed by atoms with Crippen molar-refractivity contribution in [2.75, 3.05) is 0 Å². The van der Waals surface area contributed by atoms with Gasteiger partial charge in [-0.05, 0) is 25.0 Å². The van der Waals surface area contributed by atoms with E-state index in [2.05, 4.69) is 26.0 Å². The van der Waals surface area contributed by atoms with E-state index in [4.69, 9.17) is 0 Å². The van der Waals surface area contributed by atoms with Crippen molar-refractivity contribution in [1.29, 1.82) is 0 Å². The second-order valence-electron chi connectivity index (χ2n) is 4.33. The van der Waals surface area contributed by atoms with Crippen molar-refractivity contribution >= 4 is 17.5 Å². The molecule has 0 aliphatic heterocycles. The summed E-state index contributed by atoms with van der Waals surface area (Å²) in [5.74, 6) is 0.657. The zero-order valence-corrected chi connectivity index (χ0v) is 10.0. The van der Waals surface area contributed by atoms with Gasteiger partial charge in [-0.25, -0.2) is 0 Å². The minimum absolute atomic E-state index is 0.327. The molecule has 0 N–H and O–H groups in total. The van der Waals surface area contributed by atoms with Crippen molar-refractivity contribution in [3.63, 3.8) is 0 Å². The average molecular weight is 220 g/mol. The minimum atomic E-state index is 0.327. The summed E-state index contributed by atoms with van der Waals surface area (Å²) in [6.07, 6.45) is 2.17. The average Bonchev–Trinajstić information content (AvgIpc) is 3.00. The summed E-state index contributed by atoms with van der Waals surface area (Å²) in [6.45, 7) is 4.35. The zero-order valence-electron chi connectivity index (χ0n) is 9.19. The third-order valence-electron chi connectivity index (χ3n) is 2.46. The number of hydrogen-bond donors (Lipinski definition) is 0. The molecule has 0 atom stereocenters. The number of benzene rings is 1. The largest absolute Gasteiger partial charge is 0.294 e. The van der Waals surface area contributed by atoms with Crippen LogP contribution in [0.3, 0.4) is 0 Å². The Bertz CT molecular complexity index is 349. The van der Waals surface area contributed by atoms with Crippen LogP contribution in [0.4, 0.5) is 0 Å². The van der Waals surface area contributed by atoms with Gasteiger partial charge in [-0.1, -0.05) is 26.0 Å². The number of rotatable bonds is 4. The first-order chi connectivity index (χ1) is 7.16. The lowest BCUT2D eigenvalue weighted by Gasteiger charge is -2.05. The van der Waals surface area contributed by atoms with E-state index in [1.165, 1.54) is 4.90 Å². The molecule has 0 radical (unpaired) electrons. The van der Waals surface area contributed by atoms with Crippen LogP contribution in [0.5, 0.6) is 0 Å². The number of thioether (sulfide) groups is 1. The molecule has 1 fully saturated rings. The Labute approximate surface area is 95.3 Å². The maximum absolute atomic E-state index is 11.7. The topological polar surface area (TPSA) is 17.1 Å². The van der Waals surface area contributed by atoms with Crippen LogP contribution >= 0.6 is 11.8 Å². The van der Waals surface area contributed by atoms with Gasteiger partial charge in [0.05, 0.1) is 0 Å². The van der Waals surface area contributed by atoms with Crippen molar-refractivity contribution in [2.45, 2.75) is 36.8 Å². The van der Waals surface area contributed by atoms with Gasteiger partial charge in [-0.2, -0.15) is 0 Å². The van der Waals surface area contributed by atoms with E-state index in [9.17, 15) is 4.79 Å². The molecule has 80 valence electrons. The highest BCUT2D eigenvalue weighted by molar-refractivity contribution is 7.99. The molecule has 0 aromatic heterocycles. The summed E-state index contributed by atoms with van der Waals surface area (Å²) in [5.41, 5.74) is 0.880. The number of ketones is 1. The van der Waals surface area contributed by atoms with Crippen molar-refractivity contribution in [3.8, 4) is 0 Å². The van der Waals surface area contributed by atoms with Crippen LogP contribution in [0.2, 0.25) is 0 Å². The highest BCUT2D eigenvalue weighted by atomic mass is 32.2. The summed E-state index contributed by atoms with van der Waals surface area (Å²) in [4.78, 5) is 13.0. The molecule has 0 spiro atoms. The normalized spacial score (nSPS) is 15.7. The molecular formula is C13H16OS. The third-order valence-corrected chi connectivity index (χ3v) is 3.47. The first-order valence-corrected chi connectivity index (χ1v) is 6.35. The monoisotopic (exact) mass is 220 g/mol. The summed E-state index contributed by atoms with van der Waals surface area (Å²) in [7, 11) is 0. The Balaban J connectivity index is 2.06. The second kappa shape index (κ2) is 4.40. The molecule has 1 aromatic rings. The lowest BCUT2D eigenvalue weighted by atomic mass is 10.1. The fourth-order valence-electron chi connectivity index (χ4n) is 1.55. The van der Waals surface area contributed by atoms with Gasteiger partial charge in [-0.3, -0.25) is 4.79 Å². The lowest BCUT2D eigenvalue weighted by Crippen LogP contribution is -2.00. The summed E-state index contributed by atoms with van der Waals surface area (Å²) in [6, 6.07) is 8.04. The van der Waals surface area contributed by atoms with Crippen LogP contribution in [0, 0.1) is 5.92 Å². The number of carbonyl (C=O) groups is 1. The van der Waals surface area contributed by atoms with Gasteiger partial charge in [0.15, 0.2) is 5.78 Å². The Hall–Kier alpha value is -0.760. The SMILES string of the molecule is CC(C)Sc1ccc(C(=O)C2CC2)cc1. The van der Waals surface area contributed by atoms with Crippen molar-refractivity contribution < 1.29 is 4.79 Å². The molecule has 0 bridgehead atoms. The van der Waals surface area contributed by atoms with Crippen LogP contribution in [0.1, 0.15) is 37.0 Å². The predicted molar refractivity (Wildman–Crippen MR) is 64.5 cm³/mol. The number of hydrogen-bond acceptors (Lipinski definition) is 2. The van der Waals surface area contributed by atoms with Crippen molar-refractivity contribution in [1.82, 2.24) is 0 Å². The van der Waals surface area contributed by atoms with Crippen LogP contribution in [-0.2, 0) is 0 Å². The molecule has 1 aromatic carbocycles. The van der Waals surface area contributed by atoms with Gasteiger partial charge >= 0.3 is 0 Å². The highest BCUT2D eigenvalue weighted by Crippen LogP contribution is 2.33. The Morgan fingerprint density at radius 1 is 1.27 bits per heavy atom. The van der Waals surface area contributed by atoms with E-state index in [1.54, 1.807) is 0 Å². The van der Waals surface area contributed by atoms with E-state index < -0.39 is 0 Å². The van der Waals surface area contributed by atoms with Gasteiger partial charge in [-0.15, -0.1) is 11.8 Å². The van der Waals surface area contributed by atoms with Gasteiger partial charge in [0, 0.05) is 21.6 Å². The van der Waals surface area contributed by atoms with Crippen molar-refractivity contribution in [3.05, 3.63) is 29.8 Å². The molecule has 15 heavy (non-hydrogen) atoms. The maximum Gasteiger partial charge on any atom is 0.165 e. The first kappa shape index (κ1) is 10.7. The summed E-state index contributed by atoms with van der Waals surface area (Å²) < 4.78 is 0. The molecule has 2 heteroatoms. The smallest absolute Gasteiger partial charge is 0.165 e. The van der Waals surface area contributed by atoms with Crippen LogP contribution < -0.4 is 0 Å². The standard InChI is InChI=1S/C13H16OS/c1-9(2)15-12-7-5-11(6-8-12)13(14)10-3-4-10/h5-10H,3-4H2,1-2H3. The van der Waals surface area contributed by atoms with Crippen molar-refractivity contribution in [2.24, 2.45) is 5.92 Å². The Kier molecular flexibility index (Phi) is 3.15. The zero-order chi connectivity index (χ0) is 10.8. The minimum Gasteiger partial charge on any atom is -0.294 e. The fraction of sp³-hybridized carbons (Fsp3) is 0.462. The molecule has 1 saturated carbocycles. The molecule has 1 nitrogen and oxygen atoms in total. The molecule has 0 amide bonds. The van der Waals surface area contributed by atoms with E-state index in [-0.39, 0.29) is 0 Å². The Morgan fingerprint density at radius 2 is 1.87 bits per heavy atom. The number of Topliss-reactive ketones (excluding diaryl/α,β-unsaturated/α-hetero) is 1. The lowest BCUT2D eigenvalue weighted by molar-refractivity contribution is 0.0967. The maximum atomic E-state index is 11.7. The van der Waals surface area contributed by atoms with E-state index in [0.717, 1.165) is 18.4 Å². The van der Waals surface area contributed by atoms with Crippen LogP contribution in [0.15, 0.2) is 29.2 Å². The van der Waals surface area contributed by atoms with E-state index in [0.29, 0.717) is 17.0 Å². The van der Waals surface area contributed by atoms with E-state index in [1.807, 2.05) is 23.9 Å². The van der Waals surface area contributed by atoms with E-state index >= 15 is 0 Å². The molecule has 0 saturated heterocycles. The summed E-state index contributed by atoms with van der Waals surface area (Å²) in [5, 5.41) is 0.593. The van der Waals surface area contributed by atoms with Gasteiger partial charge in [0.1, 0.15) is 0 Å². The van der Waals surface area contributed by atoms with Crippen LogP contribution in [-0.4, -0.2) is 11.0 Å². The van der Waals surface area contributed by atoms with Gasteiger partial charge in [0.25, 0.3) is 0 Å². The highest BCUT2D eigenvalue weighted by Gasteiger charge is 2.30. The quantitative estimate of drug-likeness (QED) is 0.567.